The summed E-state index contributed by atoms with van der Waals surface area (Å²) >= 11 is 7.56. The molecule has 0 aliphatic heterocycles. The van der Waals surface area contributed by atoms with Crippen molar-refractivity contribution in [2.75, 3.05) is 0 Å². The molecule has 3 aromatic rings. The Bertz CT molecular complexity index is 786. The summed E-state index contributed by atoms with van der Waals surface area (Å²) in [6, 6.07) is 11.2. The Labute approximate surface area is 141 Å². The molecule has 3 rings (SSSR count). The number of ether oxygens (including phenoxy) is 1. The van der Waals surface area contributed by atoms with E-state index in [2.05, 4.69) is 10.1 Å². The van der Waals surface area contributed by atoms with Crippen LogP contribution in [0.25, 0.3) is 10.7 Å². The van der Waals surface area contributed by atoms with Crippen LogP contribution in [-0.4, -0.2) is 16.1 Å². The summed E-state index contributed by atoms with van der Waals surface area (Å²) in [6.45, 7) is -0.0280. The van der Waals surface area contributed by atoms with Gasteiger partial charge in [-0.3, -0.25) is 4.79 Å². The smallest absolute Gasteiger partial charge is 0.306 e. The molecular formula is C16H13ClN2O3S. The van der Waals surface area contributed by atoms with E-state index in [0.29, 0.717) is 17.3 Å². The van der Waals surface area contributed by atoms with Crippen molar-refractivity contribution in [3.05, 3.63) is 58.3 Å². The van der Waals surface area contributed by atoms with E-state index in [1.165, 1.54) is 11.3 Å². The first-order valence-corrected chi connectivity index (χ1v) is 8.23. The average Bonchev–Trinajstić information content (AvgIpc) is 3.23. The lowest BCUT2D eigenvalue weighted by atomic mass is 10.1. The number of hydrogen-bond acceptors (Lipinski definition) is 6. The number of rotatable bonds is 6. The Morgan fingerprint density at radius 3 is 2.91 bits per heavy atom. The van der Waals surface area contributed by atoms with Gasteiger partial charge in [0, 0.05) is 11.4 Å². The van der Waals surface area contributed by atoms with Crippen molar-refractivity contribution in [2.24, 2.45) is 0 Å². The monoisotopic (exact) mass is 348 g/mol. The number of nitrogens with zero attached hydrogens (tertiary/aromatic N) is 2. The lowest BCUT2D eigenvalue weighted by Crippen LogP contribution is -2.06. The second kappa shape index (κ2) is 7.39. The van der Waals surface area contributed by atoms with E-state index in [4.69, 9.17) is 20.9 Å². The molecule has 0 bridgehead atoms. The molecule has 0 aliphatic carbocycles. The minimum atomic E-state index is -0.333. The predicted molar refractivity (Wildman–Crippen MR) is 87.2 cm³/mol. The molecule has 0 fully saturated rings. The summed E-state index contributed by atoms with van der Waals surface area (Å²) in [6.07, 6.45) is 0.776. The van der Waals surface area contributed by atoms with Gasteiger partial charge < -0.3 is 9.26 Å². The van der Waals surface area contributed by atoms with Gasteiger partial charge >= 0.3 is 5.97 Å². The van der Waals surface area contributed by atoms with Gasteiger partial charge in [0.05, 0.1) is 4.88 Å². The van der Waals surface area contributed by atoms with Gasteiger partial charge in [0.2, 0.25) is 5.82 Å². The summed E-state index contributed by atoms with van der Waals surface area (Å²) in [5.74, 6) is 0.447. The van der Waals surface area contributed by atoms with E-state index in [-0.39, 0.29) is 24.9 Å². The van der Waals surface area contributed by atoms with E-state index in [1.807, 2.05) is 35.7 Å². The molecule has 0 saturated heterocycles. The lowest BCUT2D eigenvalue weighted by molar-refractivity contribution is -0.145. The Morgan fingerprint density at radius 2 is 2.13 bits per heavy atom. The molecule has 0 radical (unpaired) electrons. The first-order valence-electron chi connectivity index (χ1n) is 6.98. The summed E-state index contributed by atoms with van der Waals surface area (Å²) in [7, 11) is 0. The van der Waals surface area contributed by atoms with Crippen LogP contribution in [0.2, 0.25) is 5.02 Å². The number of hydrogen-bond donors (Lipinski definition) is 0. The van der Waals surface area contributed by atoms with Crippen molar-refractivity contribution >= 4 is 28.9 Å². The lowest BCUT2D eigenvalue weighted by Gasteiger charge is -2.04. The number of benzene rings is 1. The normalized spacial score (nSPS) is 10.7. The van der Waals surface area contributed by atoms with E-state index in [1.54, 1.807) is 6.07 Å². The summed E-state index contributed by atoms with van der Waals surface area (Å²) in [5.41, 5.74) is 0.920. The van der Waals surface area contributed by atoms with Crippen molar-refractivity contribution in [2.45, 2.75) is 19.4 Å². The standard InChI is InChI=1S/C16H13ClN2O3S/c17-12-5-2-1-4-11(12)7-8-15(20)21-10-14-18-16(19-22-14)13-6-3-9-23-13/h1-6,9H,7-8,10H2. The Kier molecular flexibility index (Phi) is 5.05. The zero-order valence-electron chi connectivity index (χ0n) is 12.1. The van der Waals surface area contributed by atoms with Gasteiger partial charge in [-0.25, -0.2) is 0 Å². The zero-order valence-corrected chi connectivity index (χ0v) is 13.6. The van der Waals surface area contributed by atoms with Crippen LogP contribution in [0.1, 0.15) is 17.9 Å². The van der Waals surface area contributed by atoms with Gasteiger partial charge in [-0.2, -0.15) is 4.98 Å². The molecule has 7 heteroatoms. The molecule has 5 nitrogen and oxygen atoms in total. The van der Waals surface area contributed by atoms with Crippen LogP contribution >= 0.6 is 22.9 Å². The minimum absolute atomic E-state index is 0.0280. The minimum Gasteiger partial charge on any atom is -0.456 e. The highest BCUT2D eigenvalue weighted by molar-refractivity contribution is 7.13. The number of thiophene rings is 1. The van der Waals surface area contributed by atoms with Crippen LogP contribution in [0.4, 0.5) is 0 Å². The van der Waals surface area contributed by atoms with Crippen molar-refractivity contribution < 1.29 is 14.1 Å². The quantitative estimate of drug-likeness (QED) is 0.627. The molecule has 2 aromatic heterocycles. The van der Waals surface area contributed by atoms with E-state index < -0.39 is 0 Å². The first kappa shape index (κ1) is 15.7. The largest absolute Gasteiger partial charge is 0.456 e. The Balaban J connectivity index is 1.49. The van der Waals surface area contributed by atoms with E-state index in [9.17, 15) is 4.79 Å². The third-order valence-electron chi connectivity index (χ3n) is 3.12. The topological polar surface area (TPSA) is 65.2 Å². The maximum Gasteiger partial charge on any atom is 0.306 e. The fraction of sp³-hybridized carbons (Fsp3) is 0.188. The average molecular weight is 349 g/mol. The van der Waals surface area contributed by atoms with Crippen molar-refractivity contribution in [3.63, 3.8) is 0 Å². The van der Waals surface area contributed by atoms with Gasteiger partial charge in [-0.15, -0.1) is 11.3 Å². The van der Waals surface area contributed by atoms with Gasteiger partial charge in [0.1, 0.15) is 0 Å². The summed E-state index contributed by atoms with van der Waals surface area (Å²) < 4.78 is 10.2. The van der Waals surface area contributed by atoms with Crippen LogP contribution in [-0.2, 0) is 22.6 Å². The number of esters is 1. The maximum atomic E-state index is 11.8. The molecule has 1 aromatic carbocycles. The molecule has 118 valence electrons. The number of aryl methyl sites for hydroxylation is 1. The van der Waals surface area contributed by atoms with Crippen LogP contribution in [0.3, 0.4) is 0 Å². The van der Waals surface area contributed by atoms with Crippen molar-refractivity contribution in [1.82, 2.24) is 10.1 Å². The SMILES string of the molecule is O=C(CCc1ccccc1Cl)OCc1nc(-c2cccs2)no1. The molecule has 0 aliphatic rings. The third-order valence-corrected chi connectivity index (χ3v) is 4.36. The highest BCUT2D eigenvalue weighted by Gasteiger charge is 2.12. The first-order chi connectivity index (χ1) is 11.2. The van der Waals surface area contributed by atoms with Gasteiger partial charge in [0.25, 0.3) is 5.89 Å². The van der Waals surface area contributed by atoms with Gasteiger partial charge in [-0.1, -0.05) is 41.0 Å². The van der Waals surface area contributed by atoms with E-state index >= 15 is 0 Å². The number of halogens is 1. The van der Waals surface area contributed by atoms with Gasteiger partial charge in [-0.05, 0) is 29.5 Å². The molecule has 0 N–H and O–H groups in total. The van der Waals surface area contributed by atoms with Crippen molar-refractivity contribution in [1.29, 1.82) is 0 Å². The molecule has 23 heavy (non-hydrogen) atoms. The second-order valence-corrected chi connectivity index (χ2v) is 6.10. The Morgan fingerprint density at radius 1 is 1.26 bits per heavy atom. The molecule has 0 unspecified atom stereocenters. The Hall–Kier alpha value is -2.18. The molecular weight excluding hydrogens is 336 g/mol. The fourth-order valence-corrected chi connectivity index (χ4v) is 2.85. The van der Waals surface area contributed by atoms with Crippen molar-refractivity contribution in [3.8, 4) is 10.7 Å². The van der Waals surface area contributed by atoms with Crippen LogP contribution in [0.15, 0.2) is 46.3 Å². The summed E-state index contributed by atoms with van der Waals surface area (Å²) in [4.78, 5) is 16.9. The molecule has 0 atom stereocenters. The third kappa shape index (κ3) is 4.18. The molecule has 0 saturated carbocycles. The molecule has 0 amide bonds. The van der Waals surface area contributed by atoms with Crippen LogP contribution in [0, 0.1) is 0 Å². The predicted octanol–water partition coefficient (Wildman–Crippen LogP) is 4.13. The number of aromatic nitrogens is 2. The fourth-order valence-electron chi connectivity index (χ4n) is 1.97. The molecule has 0 spiro atoms. The molecule has 2 heterocycles. The van der Waals surface area contributed by atoms with Crippen LogP contribution < -0.4 is 0 Å². The summed E-state index contributed by atoms with van der Waals surface area (Å²) in [5, 5.41) is 6.44. The highest BCUT2D eigenvalue weighted by atomic mass is 35.5. The van der Waals surface area contributed by atoms with Gasteiger partial charge in [0.15, 0.2) is 6.61 Å². The highest BCUT2D eigenvalue weighted by Crippen LogP contribution is 2.21. The van der Waals surface area contributed by atoms with E-state index in [0.717, 1.165) is 10.4 Å². The zero-order chi connectivity index (χ0) is 16.1. The van der Waals surface area contributed by atoms with Crippen LogP contribution in [0.5, 0.6) is 0 Å². The number of carbonyl (C=O) groups is 1. The number of carbonyl (C=O) groups excluding carboxylic acids is 1. The maximum absolute atomic E-state index is 11.8. The second-order valence-electron chi connectivity index (χ2n) is 4.74.